The maximum Gasteiger partial charge on any atom is 0.254 e. The molecule has 2 amide bonds. The van der Waals surface area contributed by atoms with Crippen molar-refractivity contribution >= 4 is 28.5 Å². The number of rotatable bonds is 10. The molecule has 0 aromatic heterocycles. The molecule has 7 nitrogen and oxygen atoms in total. The van der Waals surface area contributed by atoms with Gasteiger partial charge in [-0.05, 0) is 63.9 Å². The number of amides is 2. The molecule has 234 valence electrons. The first kappa shape index (κ1) is 31.8. The number of piperazine rings is 1. The van der Waals surface area contributed by atoms with Crippen LogP contribution in [0.2, 0.25) is 0 Å². The predicted molar refractivity (Wildman–Crippen MR) is 183 cm³/mol. The van der Waals surface area contributed by atoms with Crippen LogP contribution in [0.3, 0.4) is 0 Å². The quantitative estimate of drug-likeness (QED) is 0.0971. The Labute approximate surface area is 267 Å². The number of unbranched alkanes of at least 4 members (excludes halogenated alkanes) is 1. The zero-order chi connectivity index (χ0) is 31.9. The van der Waals surface area contributed by atoms with Crippen LogP contribution in [0.1, 0.15) is 57.3 Å². The molecule has 1 saturated heterocycles. The molecule has 0 N–H and O–H groups in total. The minimum atomic E-state index is -0.0216. The van der Waals surface area contributed by atoms with Crippen molar-refractivity contribution in [3.63, 3.8) is 0 Å². The Balaban J connectivity index is 1.59. The Morgan fingerprint density at radius 3 is 2.29 bits per heavy atom. The lowest BCUT2D eigenvalue weighted by Gasteiger charge is -2.35. The van der Waals surface area contributed by atoms with E-state index in [0.29, 0.717) is 51.0 Å². The van der Waals surface area contributed by atoms with Crippen molar-refractivity contribution in [2.45, 2.75) is 47.0 Å². The molecule has 0 atom stereocenters. The first-order chi connectivity index (χ1) is 21.9. The fraction of sp³-hybridized carbons (Fsp3) is 0.395. The number of fused-ring (bicyclic) bond motifs is 2. The molecule has 2 aliphatic heterocycles. The van der Waals surface area contributed by atoms with Crippen LogP contribution in [-0.2, 0) is 4.79 Å². The van der Waals surface area contributed by atoms with Crippen LogP contribution in [0.4, 0.5) is 5.69 Å². The average molecular weight is 606 g/mol. The van der Waals surface area contributed by atoms with E-state index in [-0.39, 0.29) is 11.8 Å². The summed E-state index contributed by atoms with van der Waals surface area (Å²) in [5.41, 5.74) is 5.40. The standard InChI is InChI=1S/C38H45N4O3/c1-6-11-12-17-36(43)41-22-24-42(25-23-41)38(44)31-16-14-13-15-30(31)37-32-20-18-28(39(7-2)8-3)26-34(32)45-35-27-29(19-21-33(35)37)40(9-4)10-5/h1,13-16,18-21,26-27H,7-12,17,22-25H2,2-5H3/q+1. The van der Waals surface area contributed by atoms with Gasteiger partial charge in [-0.25, -0.2) is 4.58 Å². The summed E-state index contributed by atoms with van der Waals surface area (Å²) in [7, 11) is 0. The molecule has 0 unspecified atom stereocenters. The van der Waals surface area contributed by atoms with Crippen molar-refractivity contribution in [1.82, 2.24) is 14.4 Å². The van der Waals surface area contributed by atoms with E-state index in [1.165, 1.54) is 0 Å². The number of nitrogens with zero attached hydrogens (tertiary/aromatic N) is 4. The number of benzene rings is 3. The molecule has 45 heavy (non-hydrogen) atoms. The van der Waals surface area contributed by atoms with Gasteiger partial charge >= 0.3 is 0 Å². The fourth-order valence-corrected chi connectivity index (χ4v) is 6.45. The zero-order valence-corrected chi connectivity index (χ0v) is 27.1. The number of carbonyl (C=O) groups excluding carboxylic acids is 2. The lowest BCUT2D eigenvalue weighted by Crippen LogP contribution is -2.50. The third-order valence-electron chi connectivity index (χ3n) is 9.00. The van der Waals surface area contributed by atoms with Gasteiger partial charge in [0.1, 0.15) is 24.4 Å². The molecule has 1 fully saturated rings. The van der Waals surface area contributed by atoms with Crippen LogP contribution in [0.5, 0.6) is 0 Å². The maximum absolute atomic E-state index is 14.2. The number of carbonyl (C=O) groups is 2. The number of anilines is 1. The Morgan fingerprint density at radius 1 is 0.889 bits per heavy atom. The van der Waals surface area contributed by atoms with E-state index in [1.54, 1.807) is 0 Å². The van der Waals surface area contributed by atoms with E-state index in [2.05, 4.69) is 79.5 Å². The molecule has 1 aliphatic carbocycles. The number of terminal acetylenes is 1. The van der Waals surface area contributed by atoms with E-state index in [1.807, 2.05) is 34.1 Å². The second-order valence-electron chi connectivity index (χ2n) is 11.5. The summed E-state index contributed by atoms with van der Waals surface area (Å²) in [5.74, 6) is 3.48. The molecule has 5 rings (SSSR count). The third-order valence-corrected chi connectivity index (χ3v) is 9.00. The Bertz CT molecular complexity index is 1750. The Kier molecular flexibility index (Phi) is 10.2. The van der Waals surface area contributed by atoms with Gasteiger partial charge in [-0.3, -0.25) is 9.59 Å². The summed E-state index contributed by atoms with van der Waals surface area (Å²) < 4.78 is 8.96. The highest BCUT2D eigenvalue weighted by atomic mass is 16.3. The lowest BCUT2D eigenvalue weighted by molar-refractivity contribution is -0.132. The van der Waals surface area contributed by atoms with E-state index in [0.717, 1.165) is 70.6 Å². The fourth-order valence-electron chi connectivity index (χ4n) is 6.45. The second-order valence-corrected chi connectivity index (χ2v) is 11.5. The highest BCUT2D eigenvalue weighted by Gasteiger charge is 2.28. The lowest BCUT2D eigenvalue weighted by atomic mass is 9.90. The highest BCUT2D eigenvalue weighted by Crippen LogP contribution is 2.42. The molecule has 0 bridgehead atoms. The molecule has 2 aromatic carbocycles. The zero-order valence-electron chi connectivity index (χ0n) is 27.1. The second kappa shape index (κ2) is 14.5. The van der Waals surface area contributed by atoms with Gasteiger partial charge in [0.25, 0.3) is 5.91 Å². The van der Waals surface area contributed by atoms with Gasteiger partial charge in [0.2, 0.25) is 11.3 Å². The molecule has 2 aromatic rings. The van der Waals surface area contributed by atoms with Gasteiger partial charge in [-0.15, -0.1) is 12.3 Å². The number of hydrogen-bond acceptors (Lipinski definition) is 4. The molecular weight excluding hydrogens is 560 g/mol. The normalized spacial score (nSPS) is 13.2. The van der Waals surface area contributed by atoms with Crippen molar-refractivity contribution in [3.05, 3.63) is 71.6 Å². The summed E-state index contributed by atoms with van der Waals surface area (Å²) in [5, 5.41) is 2.08. The van der Waals surface area contributed by atoms with Gasteiger partial charge in [0.05, 0.1) is 6.07 Å². The van der Waals surface area contributed by atoms with Crippen LogP contribution in [0, 0.1) is 12.3 Å². The molecule has 2 heterocycles. The van der Waals surface area contributed by atoms with Gasteiger partial charge in [-0.1, -0.05) is 18.2 Å². The maximum atomic E-state index is 14.2. The minimum absolute atomic E-state index is 0.0216. The van der Waals surface area contributed by atoms with Gasteiger partial charge in [0.15, 0.2) is 0 Å². The van der Waals surface area contributed by atoms with E-state index >= 15 is 0 Å². The summed E-state index contributed by atoms with van der Waals surface area (Å²) in [6, 6.07) is 20.7. The van der Waals surface area contributed by atoms with Gasteiger partial charge in [-0.2, -0.15) is 0 Å². The topological polar surface area (TPSA) is 60.0 Å². The van der Waals surface area contributed by atoms with Gasteiger partial charge < -0.3 is 19.1 Å². The van der Waals surface area contributed by atoms with Crippen LogP contribution >= 0.6 is 0 Å². The molecule has 3 aliphatic rings. The van der Waals surface area contributed by atoms with E-state index < -0.39 is 0 Å². The minimum Gasteiger partial charge on any atom is -0.456 e. The first-order valence-electron chi connectivity index (χ1n) is 16.4. The largest absolute Gasteiger partial charge is 0.456 e. The molecule has 7 heteroatoms. The van der Waals surface area contributed by atoms with Crippen molar-refractivity contribution in [3.8, 4) is 34.8 Å². The third kappa shape index (κ3) is 6.61. The van der Waals surface area contributed by atoms with Crippen LogP contribution in [0.15, 0.2) is 65.1 Å². The van der Waals surface area contributed by atoms with Crippen LogP contribution < -0.4 is 14.8 Å². The summed E-state index contributed by atoms with van der Waals surface area (Å²) in [4.78, 5) is 32.9. The first-order valence-corrected chi connectivity index (χ1v) is 16.4. The smallest absolute Gasteiger partial charge is 0.254 e. The van der Waals surface area contributed by atoms with E-state index in [4.69, 9.17) is 10.8 Å². The molecular formula is C38H45N4O3+. The highest BCUT2D eigenvalue weighted by molar-refractivity contribution is 6.09. The molecule has 0 spiro atoms. The van der Waals surface area contributed by atoms with Crippen molar-refractivity contribution in [2.75, 3.05) is 57.3 Å². The molecule has 0 radical (unpaired) electrons. The van der Waals surface area contributed by atoms with Crippen LogP contribution in [-0.4, -0.2) is 74.0 Å². The monoisotopic (exact) mass is 605 g/mol. The predicted octanol–water partition coefficient (Wildman–Crippen LogP) is 5.95. The molecule has 0 saturated carbocycles. The van der Waals surface area contributed by atoms with Crippen LogP contribution in [0.25, 0.3) is 33.4 Å². The average Bonchev–Trinajstić information content (AvgIpc) is 3.08. The summed E-state index contributed by atoms with van der Waals surface area (Å²) in [6.07, 6.45) is 7.09. The SMILES string of the molecule is C#CCCCC(=O)N1CCN(C(=O)c2ccccc2-c2c3ccc(=[N+](CC)CC)cc-3oc3cc(N(CC)CC)ccc23)CC1. The Hall–Kier alpha value is -4.57. The van der Waals surface area contributed by atoms with Crippen molar-refractivity contribution < 1.29 is 14.0 Å². The Morgan fingerprint density at radius 2 is 1.60 bits per heavy atom. The number of hydrogen-bond donors (Lipinski definition) is 0. The van der Waals surface area contributed by atoms with Gasteiger partial charge in [0, 0.05) is 92.0 Å². The van der Waals surface area contributed by atoms with E-state index in [9.17, 15) is 9.59 Å². The summed E-state index contributed by atoms with van der Waals surface area (Å²) in [6.45, 7) is 14.3. The summed E-state index contributed by atoms with van der Waals surface area (Å²) >= 11 is 0. The van der Waals surface area contributed by atoms with Crippen molar-refractivity contribution in [1.29, 1.82) is 0 Å². The van der Waals surface area contributed by atoms with Crippen molar-refractivity contribution in [2.24, 2.45) is 0 Å².